The molecular weight excluding hydrogens is 262 g/mol. The fourth-order valence-corrected chi connectivity index (χ4v) is 2.82. The van der Waals surface area contributed by atoms with Gasteiger partial charge in [-0.05, 0) is 39.7 Å². The first-order valence-electron chi connectivity index (χ1n) is 4.80. The Bertz CT molecular complexity index is 264. The second-order valence-electron chi connectivity index (χ2n) is 3.18. The molecule has 1 unspecified atom stereocenters. The molecule has 2 N–H and O–H groups in total. The van der Waals surface area contributed by atoms with Gasteiger partial charge in [0.1, 0.15) is 0 Å². The zero-order chi connectivity index (χ0) is 10.4. The Kier molecular flexibility index (Phi) is 5.70. The van der Waals surface area contributed by atoms with E-state index in [1.54, 1.807) is 11.3 Å². The Balaban J connectivity index is 2.28. The van der Waals surface area contributed by atoms with Gasteiger partial charge < -0.3 is 10.5 Å². The van der Waals surface area contributed by atoms with Crippen LogP contribution >= 0.6 is 27.3 Å². The summed E-state index contributed by atoms with van der Waals surface area (Å²) >= 11 is 5.15. The topological polar surface area (TPSA) is 35.2 Å². The first-order valence-corrected chi connectivity index (χ1v) is 6.54. The highest BCUT2D eigenvalue weighted by Crippen LogP contribution is 2.27. The quantitative estimate of drug-likeness (QED) is 0.810. The molecule has 0 amide bonds. The average molecular weight is 278 g/mol. The molecule has 0 fully saturated rings. The summed E-state index contributed by atoms with van der Waals surface area (Å²) in [5.41, 5.74) is 7.21. The van der Waals surface area contributed by atoms with Crippen molar-refractivity contribution >= 4 is 27.3 Å². The van der Waals surface area contributed by atoms with Crippen molar-refractivity contribution in [3.05, 3.63) is 20.8 Å². The number of halogens is 1. The van der Waals surface area contributed by atoms with Crippen LogP contribution in [-0.4, -0.2) is 13.2 Å². The molecule has 1 rings (SSSR count). The maximum absolute atomic E-state index is 6.02. The monoisotopic (exact) mass is 277 g/mol. The molecule has 0 aliphatic rings. The highest BCUT2D eigenvalue weighted by Gasteiger charge is 2.10. The van der Waals surface area contributed by atoms with Gasteiger partial charge in [-0.1, -0.05) is 6.92 Å². The standard InChI is InChI=1S/C10H16BrNOS/c1-2-4-13-5-3-10(12)8-6-14-7-9(8)11/h6-7,10H,2-5,12H2,1H3. The summed E-state index contributed by atoms with van der Waals surface area (Å²) in [6, 6.07) is 0.0903. The van der Waals surface area contributed by atoms with Crippen molar-refractivity contribution < 1.29 is 4.74 Å². The highest BCUT2D eigenvalue weighted by atomic mass is 79.9. The SMILES string of the molecule is CCCOCCC(N)c1cscc1Br. The fraction of sp³-hybridized carbons (Fsp3) is 0.600. The van der Waals surface area contributed by atoms with Gasteiger partial charge in [-0.2, -0.15) is 11.3 Å². The summed E-state index contributed by atoms with van der Waals surface area (Å²) < 4.78 is 6.52. The Hall–Kier alpha value is 0.100. The minimum absolute atomic E-state index is 0.0903. The summed E-state index contributed by atoms with van der Waals surface area (Å²) in [5.74, 6) is 0. The molecule has 1 aromatic heterocycles. The van der Waals surface area contributed by atoms with Crippen molar-refractivity contribution in [2.45, 2.75) is 25.8 Å². The normalized spacial score (nSPS) is 13.1. The van der Waals surface area contributed by atoms with Gasteiger partial charge in [0.25, 0.3) is 0 Å². The molecule has 0 bridgehead atoms. The van der Waals surface area contributed by atoms with Gasteiger partial charge in [-0.3, -0.25) is 0 Å². The van der Waals surface area contributed by atoms with Crippen LogP contribution < -0.4 is 5.73 Å². The average Bonchev–Trinajstić information content (AvgIpc) is 2.59. The van der Waals surface area contributed by atoms with Crippen LogP contribution in [-0.2, 0) is 4.74 Å². The van der Waals surface area contributed by atoms with Crippen LogP contribution in [0.1, 0.15) is 31.4 Å². The van der Waals surface area contributed by atoms with Gasteiger partial charge in [-0.25, -0.2) is 0 Å². The van der Waals surface area contributed by atoms with Crippen molar-refractivity contribution in [1.29, 1.82) is 0 Å². The lowest BCUT2D eigenvalue weighted by molar-refractivity contribution is 0.128. The first kappa shape index (κ1) is 12.2. The van der Waals surface area contributed by atoms with E-state index in [2.05, 4.69) is 33.6 Å². The highest BCUT2D eigenvalue weighted by molar-refractivity contribution is 9.10. The molecule has 0 aliphatic carbocycles. The maximum Gasteiger partial charge on any atom is 0.0484 e. The summed E-state index contributed by atoms with van der Waals surface area (Å²) in [6.45, 7) is 3.68. The van der Waals surface area contributed by atoms with Gasteiger partial charge >= 0.3 is 0 Å². The van der Waals surface area contributed by atoms with E-state index in [4.69, 9.17) is 10.5 Å². The van der Waals surface area contributed by atoms with Crippen molar-refractivity contribution in [3.63, 3.8) is 0 Å². The Morgan fingerprint density at radius 2 is 2.29 bits per heavy atom. The molecule has 2 nitrogen and oxygen atoms in total. The molecule has 0 radical (unpaired) electrons. The van der Waals surface area contributed by atoms with E-state index in [1.807, 2.05) is 0 Å². The van der Waals surface area contributed by atoms with Crippen molar-refractivity contribution in [2.75, 3.05) is 13.2 Å². The Labute approximate surface area is 97.6 Å². The third-order valence-corrected chi connectivity index (χ3v) is 3.72. The third-order valence-electron chi connectivity index (χ3n) is 1.96. The summed E-state index contributed by atoms with van der Waals surface area (Å²) in [4.78, 5) is 0. The molecule has 0 aromatic carbocycles. The lowest BCUT2D eigenvalue weighted by atomic mass is 10.1. The number of hydrogen-bond donors (Lipinski definition) is 1. The zero-order valence-corrected chi connectivity index (χ0v) is 10.7. The molecule has 1 atom stereocenters. The molecule has 1 aromatic rings. The minimum Gasteiger partial charge on any atom is -0.381 e. The van der Waals surface area contributed by atoms with Gasteiger partial charge in [-0.15, -0.1) is 0 Å². The summed E-state index contributed by atoms with van der Waals surface area (Å²) in [7, 11) is 0. The summed E-state index contributed by atoms with van der Waals surface area (Å²) in [5, 5.41) is 4.15. The maximum atomic E-state index is 6.02. The number of hydrogen-bond acceptors (Lipinski definition) is 3. The second kappa shape index (κ2) is 6.56. The van der Waals surface area contributed by atoms with Crippen molar-refractivity contribution in [1.82, 2.24) is 0 Å². The van der Waals surface area contributed by atoms with Crippen molar-refractivity contribution in [2.24, 2.45) is 5.73 Å². The summed E-state index contributed by atoms with van der Waals surface area (Å²) in [6.07, 6.45) is 1.95. The van der Waals surface area contributed by atoms with Gasteiger partial charge in [0.05, 0.1) is 0 Å². The molecule has 14 heavy (non-hydrogen) atoms. The van der Waals surface area contributed by atoms with E-state index in [-0.39, 0.29) is 6.04 Å². The van der Waals surface area contributed by atoms with Crippen molar-refractivity contribution in [3.8, 4) is 0 Å². The number of ether oxygens (including phenoxy) is 1. The van der Waals surface area contributed by atoms with E-state index in [0.717, 1.165) is 30.5 Å². The molecule has 4 heteroatoms. The molecule has 0 spiro atoms. The molecule has 80 valence electrons. The van der Waals surface area contributed by atoms with Crippen LogP contribution in [0.25, 0.3) is 0 Å². The van der Waals surface area contributed by atoms with Crippen LogP contribution in [0, 0.1) is 0 Å². The molecule has 0 saturated carbocycles. The van der Waals surface area contributed by atoms with Gasteiger partial charge in [0, 0.05) is 29.1 Å². The van der Waals surface area contributed by atoms with Gasteiger partial charge in [0.2, 0.25) is 0 Å². The minimum atomic E-state index is 0.0903. The zero-order valence-electron chi connectivity index (χ0n) is 8.33. The predicted molar refractivity (Wildman–Crippen MR) is 64.7 cm³/mol. The molecule has 0 saturated heterocycles. The largest absolute Gasteiger partial charge is 0.381 e. The number of nitrogens with two attached hydrogens (primary N) is 1. The number of rotatable bonds is 6. The van der Waals surface area contributed by atoms with Crippen LogP contribution in [0.15, 0.2) is 15.2 Å². The Morgan fingerprint density at radius 1 is 1.50 bits per heavy atom. The van der Waals surface area contributed by atoms with Crippen LogP contribution in [0.3, 0.4) is 0 Å². The van der Waals surface area contributed by atoms with Crippen LogP contribution in [0.2, 0.25) is 0 Å². The Morgan fingerprint density at radius 3 is 2.86 bits per heavy atom. The van der Waals surface area contributed by atoms with E-state index in [0.29, 0.717) is 0 Å². The van der Waals surface area contributed by atoms with Crippen LogP contribution in [0.5, 0.6) is 0 Å². The second-order valence-corrected chi connectivity index (χ2v) is 4.78. The molecule has 0 aliphatic heterocycles. The van der Waals surface area contributed by atoms with Crippen LogP contribution in [0.4, 0.5) is 0 Å². The van der Waals surface area contributed by atoms with E-state index >= 15 is 0 Å². The van der Waals surface area contributed by atoms with E-state index < -0.39 is 0 Å². The molecular formula is C10H16BrNOS. The lowest BCUT2D eigenvalue weighted by Crippen LogP contribution is -2.13. The first-order chi connectivity index (χ1) is 6.75. The van der Waals surface area contributed by atoms with Gasteiger partial charge in [0.15, 0.2) is 0 Å². The lowest BCUT2D eigenvalue weighted by Gasteiger charge is -2.10. The van der Waals surface area contributed by atoms with E-state index in [1.165, 1.54) is 5.56 Å². The third kappa shape index (κ3) is 3.69. The fourth-order valence-electron chi connectivity index (χ4n) is 1.17. The smallest absolute Gasteiger partial charge is 0.0484 e. The molecule has 1 heterocycles. The van der Waals surface area contributed by atoms with E-state index in [9.17, 15) is 0 Å². The number of thiophene rings is 1. The predicted octanol–water partition coefficient (Wildman–Crippen LogP) is 3.33.